The number of anilines is 1. The molecular weight excluding hydrogens is 301 g/mol. The number of nitrogens with one attached hydrogen (secondary N) is 2. The normalized spacial score (nSPS) is 15.0. The molecule has 0 bridgehead atoms. The molecule has 0 saturated heterocycles. The van der Waals surface area contributed by atoms with E-state index in [1.165, 1.54) is 25.0 Å². The van der Waals surface area contributed by atoms with Crippen molar-refractivity contribution in [2.75, 3.05) is 5.32 Å². The number of thiocarbonyl (C=S) groups is 1. The highest BCUT2D eigenvalue weighted by Crippen LogP contribution is 2.17. The van der Waals surface area contributed by atoms with Gasteiger partial charge in [-0.05, 0) is 42.8 Å². The van der Waals surface area contributed by atoms with E-state index in [4.69, 9.17) is 12.2 Å². The summed E-state index contributed by atoms with van der Waals surface area (Å²) in [5.74, 6) is 0.227. The van der Waals surface area contributed by atoms with Crippen molar-refractivity contribution in [2.45, 2.75) is 38.3 Å². The van der Waals surface area contributed by atoms with Crippen LogP contribution in [0.3, 0.4) is 0 Å². The smallest absolute Gasteiger partial charge is 0.248 e. The van der Waals surface area contributed by atoms with Gasteiger partial charge in [0.2, 0.25) is 5.95 Å². The monoisotopic (exact) mass is 319 g/mol. The highest BCUT2D eigenvalue weighted by Gasteiger charge is 2.15. The van der Waals surface area contributed by atoms with Crippen LogP contribution in [0.2, 0.25) is 0 Å². The number of hydrogen-bond acceptors (Lipinski definition) is 3. The number of hydrogen-bond donors (Lipinski definition) is 2. The van der Waals surface area contributed by atoms with E-state index in [1.807, 2.05) is 0 Å². The second kappa shape index (κ2) is 6.83. The first-order chi connectivity index (χ1) is 10.7. The van der Waals surface area contributed by atoms with Crippen molar-refractivity contribution in [1.82, 2.24) is 20.1 Å². The Labute approximate surface area is 133 Å². The average molecular weight is 319 g/mol. The molecule has 2 aromatic rings. The van der Waals surface area contributed by atoms with Crippen LogP contribution in [0.15, 0.2) is 30.6 Å². The van der Waals surface area contributed by atoms with Crippen LogP contribution in [0.25, 0.3) is 0 Å². The van der Waals surface area contributed by atoms with Crippen molar-refractivity contribution in [1.29, 1.82) is 0 Å². The fourth-order valence-corrected chi connectivity index (χ4v) is 2.86. The van der Waals surface area contributed by atoms with Gasteiger partial charge in [0.25, 0.3) is 0 Å². The van der Waals surface area contributed by atoms with Crippen LogP contribution in [-0.4, -0.2) is 25.9 Å². The van der Waals surface area contributed by atoms with Crippen molar-refractivity contribution in [3.8, 4) is 0 Å². The van der Waals surface area contributed by atoms with Crippen LogP contribution >= 0.6 is 12.2 Å². The van der Waals surface area contributed by atoms with E-state index in [0.29, 0.717) is 23.6 Å². The summed E-state index contributed by atoms with van der Waals surface area (Å²) in [7, 11) is 0. The molecule has 1 heterocycles. The molecule has 0 atom stereocenters. The van der Waals surface area contributed by atoms with Crippen LogP contribution in [-0.2, 0) is 6.54 Å². The Bertz CT molecular complexity index is 634. The van der Waals surface area contributed by atoms with Crippen LogP contribution in [0.5, 0.6) is 0 Å². The summed E-state index contributed by atoms with van der Waals surface area (Å²) in [5, 5.41) is 11.2. The van der Waals surface area contributed by atoms with E-state index in [1.54, 1.807) is 23.1 Å². The van der Waals surface area contributed by atoms with Gasteiger partial charge < -0.3 is 5.32 Å². The lowest BCUT2D eigenvalue weighted by Crippen LogP contribution is -2.36. The van der Waals surface area contributed by atoms with Gasteiger partial charge in [0, 0.05) is 6.04 Å². The lowest BCUT2D eigenvalue weighted by molar-refractivity contribution is 0.624. The van der Waals surface area contributed by atoms with Crippen LogP contribution < -0.4 is 10.6 Å². The van der Waals surface area contributed by atoms with Gasteiger partial charge in [-0.25, -0.2) is 14.1 Å². The summed E-state index contributed by atoms with van der Waals surface area (Å²) in [6.07, 6.45) is 6.46. The molecule has 0 unspecified atom stereocenters. The van der Waals surface area contributed by atoms with Gasteiger partial charge in [0.1, 0.15) is 12.1 Å². The molecule has 1 aromatic carbocycles. The van der Waals surface area contributed by atoms with E-state index in [2.05, 4.69) is 20.7 Å². The Kier molecular flexibility index (Phi) is 4.62. The molecule has 0 radical (unpaired) electrons. The van der Waals surface area contributed by atoms with E-state index < -0.39 is 0 Å². The zero-order valence-corrected chi connectivity index (χ0v) is 12.9. The minimum atomic E-state index is -0.243. The average Bonchev–Trinajstić information content (AvgIpc) is 3.14. The molecule has 2 N–H and O–H groups in total. The molecule has 1 aliphatic rings. The molecule has 7 heteroatoms. The molecule has 3 rings (SSSR count). The van der Waals surface area contributed by atoms with E-state index >= 15 is 0 Å². The summed E-state index contributed by atoms with van der Waals surface area (Å²) >= 11 is 5.27. The predicted octanol–water partition coefficient (Wildman–Crippen LogP) is 2.69. The van der Waals surface area contributed by atoms with Gasteiger partial charge in [-0.2, -0.15) is 0 Å². The number of rotatable bonds is 4. The van der Waals surface area contributed by atoms with Crippen LogP contribution in [0, 0.1) is 5.82 Å². The van der Waals surface area contributed by atoms with Gasteiger partial charge in [0.15, 0.2) is 5.11 Å². The first-order valence-electron chi connectivity index (χ1n) is 7.40. The topological polar surface area (TPSA) is 54.8 Å². The lowest BCUT2D eigenvalue weighted by Gasteiger charge is -2.13. The van der Waals surface area contributed by atoms with Gasteiger partial charge in [-0.3, -0.25) is 5.32 Å². The number of halogens is 1. The molecule has 1 saturated carbocycles. The highest BCUT2D eigenvalue weighted by atomic mass is 32.1. The zero-order chi connectivity index (χ0) is 15.4. The quantitative estimate of drug-likeness (QED) is 0.849. The van der Waals surface area contributed by atoms with E-state index in [9.17, 15) is 4.39 Å². The number of nitrogens with zero attached hydrogens (tertiary/aromatic N) is 3. The molecule has 22 heavy (non-hydrogen) atoms. The van der Waals surface area contributed by atoms with Gasteiger partial charge in [-0.1, -0.05) is 25.0 Å². The van der Waals surface area contributed by atoms with E-state index in [-0.39, 0.29) is 5.82 Å². The Morgan fingerprint density at radius 3 is 2.73 bits per heavy atom. The molecule has 5 nitrogen and oxygen atoms in total. The summed E-state index contributed by atoms with van der Waals surface area (Å²) in [4.78, 5) is 4.18. The SMILES string of the molecule is Fc1ccc(Cn2cnc(NC(=S)NC3CCCC3)n2)cc1. The predicted molar refractivity (Wildman–Crippen MR) is 87.1 cm³/mol. The van der Waals surface area contributed by atoms with Crippen molar-refractivity contribution >= 4 is 23.3 Å². The molecule has 0 spiro atoms. The highest BCUT2D eigenvalue weighted by molar-refractivity contribution is 7.80. The van der Waals surface area contributed by atoms with Gasteiger partial charge in [-0.15, -0.1) is 5.10 Å². The number of benzene rings is 1. The Balaban J connectivity index is 1.54. The first-order valence-corrected chi connectivity index (χ1v) is 7.81. The summed E-state index contributed by atoms with van der Waals surface area (Å²) in [6, 6.07) is 6.80. The molecule has 1 aliphatic carbocycles. The second-order valence-corrected chi connectivity index (χ2v) is 5.88. The largest absolute Gasteiger partial charge is 0.360 e. The molecule has 1 aromatic heterocycles. The van der Waals surface area contributed by atoms with Gasteiger partial charge in [0.05, 0.1) is 6.54 Å². The van der Waals surface area contributed by atoms with Crippen molar-refractivity contribution in [3.05, 3.63) is 42.0 Å². The Hall–Kier alpha value is -2.02. The molecule has 0 aliphatic heterocycles. The fraction of sp³-hybridized carbons (Fsp3) is 0.400. The van der Waals surface area contributed by atoms with E-state index in [0.717, 1.165) is 18.4 Å². The molecular formula is C15H18FN5S. The lowest BCUT2D eigenvalue weighted by atomic mass is 10.2. The summed E-state index contributed by atoms with van der Waals surface area (Å²) in [6.45, 7) is 0.539. The third-order valence-electron chi connectivity index (χ3n) is 3.71. The summed E-state index contributed by atoms with van der Waals surface area (Å²) < 4.78 is 14.6. The first kappa shape index (κ1) is 14.9. The van der Waals surface area contributed by atoms with Crippen molar-refractivity contribution in [3.63, 3.8) is 0 Å². The standard InChI is InChI=1S/C15H18FN5S/c16-12-7-5-11(6-8-12)9-21-10-17-14(20-21)19-15(22)18-13-3-1-2-4-13/h5-8,10,13H,1-4,9H2,(H2,18,19,20,22). The third kappa shape index (κ3) is 4.00. The van der Waals surface area contributed by atoms with Crippen molar-refractivity contribution < 1.29 is 4.39 Å². The van der Waals surface area contributed by atoms with Crippen molar-refractivity contribution in [2.24, 2.45) is 0 Å². The maximum atomic E-state index is 12.9. The third-order valence-corrected chi connectivity index (χ3v) is 3.93. The fourth-order valence-electron chi connectivity index (χ4n) is 2.60. The maximum absolute atomic E-state index is 12.9. The van der Waals surface area contributed by atoms with Crippen LogP contribution in [0.1, 0.15) is 31.2 Å². The Morgan fingerprint density at radius 2 is 2.00 bits per heavy atom. The Morgan fingerprint density at radius 1 is 1.27 bits per heavy atom. The molecule has 116 valence electrons. The number of aromatic nitrogens is 3. The van der Waals surface area contributed by atoms with Gasteiger partial charge >= 0.3 is 0 Å². The minimum Gasteiger partial charge on any atom is -0.360 e. The zero-order valence-electron chi connectivity index (χ0n) is 12.1. The maximum Gasteiger partial charge on any atom is 0.248 e. The summed E-state index contributed by atoms with van der Waals surface area (Å²) in [5.41, 5.74) is 0.963. The van der Waals surface area contributed by atoms with Crippen LogP contribution in [0.4, 0.5) is 10.3 Å². The minimum absolute atomic E-state index is 0.243. The molecule has 0 amide bonds. The molecule has 1 fully saturated rings. The second-order valence-electron chi connectivity index (χ2n) is 5.47.